The Morgan fingerprint density at radius 1 is 1.13 bits per heavy atom. The molecule has 3 nitrogen and oxygen atoms in total. The molecule has 114 valence electrons. The average molecular weight is 324 g/mol. The van der Waals surface area contributed by atoms with Crippen molar-refractivity contribution in [2.45, 2.75) is 0 Å². The molecule has 0 saturated heterocycles. The van der Waals surface area contributed by atoms with Gasteiger partial charge in [-0.2, -0.15) is 0 Å². The maximum absolute atomic E-state index is 13.1. The van der Waals surface area contributed by atoms with Gasteiger partial charge in [0.2, 0.25) is 5.91 Å². The number of hydrogen-bond acceptors (Lipinski definition) is 3. The first kappa shape index (κ1) is 15.1. The van der Waals surface area contributed by atoms with E-state index in [1.165, 1.54) is 29.5 Å². The summed E-state index contributed by atoms with van der Waals surface area (Å²) in [7, 11) is 0. The van der Waals surface area contributed by atoms with Crippen LogP contribution in [0.15, 0.2) is 66.1 Å². The van der Waals surface area contributed by atoms with Gasteiger partial charge in [-0.3, -0.25) is 10.1 Å². The lowest BCUT2D eigenvalue weighted by Crippen LogP contribution is -2.07. The van der Waals surface area contributed by atoms with Gasteiger partial charge in [0.25, 0.3) is 0 Å². The molecule has 1 heterocycles. The van der Waals surface area contributed by atoms with Crippen molar-refractivity contribution < 1.29 is 9.18 Å². The van der Waals surface area contributed by atoms with Gasteiger partial charge < -0.3 is 0 Å². The highest BCUT2D eigenvalue weighted by atomic mass is 32.1. The first-order chi connectivity index (χ1) is 11.2. The summed E-state index contributed by atoms with van der Waals surface area (Å²) >= 11 is 1.36. The Balaban J connectivity index is 1.66. The number of nitrogens with one attached hydrogen (secondary N) is 1. The van der Waals surface area contributed by atoms with Gasteiger partial charge in [0, 0.05) is 17.0 Å². The van der Waals surface area contributed by atoms with Crippen LogP contribution in [0, 0.1) is 5.82 Å². The van der Waals surface area contributed by atoms with Gasteiger partial charge in [-0.05, 0) is 23.8 Å². The molecule has 1 N–H and O–H groups in total. The van der Waals surface area contributed by atoms with Gasteiger partial charge in [-0.25, -0.2) is 9.37 Å². The number of amides is 1. The number of rotatable bonds is 4. The minimum Gasteiger partial charge on any atom is -0.298 e. The Morgan fingerprint density at radius 2 is 1.96 bits per heavy atom. The highest BCUT2D eigenvalue weighted by molar-refractivity contribution is 7.14. The third-order valence-electron chi connectivity index (χ3n) is 3.08. The van der Waals surface area contributed by atoms with Gasteiger partial charge in [0.1, 0.15) is 5.82 Å². The van der Waals surface area contributed by atoms with Crippen LogP contribution in [0.1, 0.15) is 5.56 Å². The van der Waals surface area contributed by atoms with Crippen molar-refractivity contribution in [3.63, 3.8) is 0 Å². The van der Waals surface area contributed by atoms with Crippen LogP contribution < -0.4 is 5.32 Å². The summed E-state index contributed by atoms with van der Waals surface area (Å²) in [6, 6.07) is 15.8. The van der Waals surface area contributed by atoms with Gasteiger partial charge in [0.15, 0.2) is 5.13 Å². The normalized spacial score (nSPS) is 10.8. The molecule has 0 spiro atoms. The van der Waals surface area contributed by atoms with Crippen molar-refractivity contribution in [1.82, 2.24) is 4.98 Å². The highest BCUT2D eigenvalue weighted by Gasteiger charge is 2.06. The van der Waals surface area contributed by atoms with E-state index in [1.807, 2.05) is 35.7 Å². The van der Waals surface area contributed by atoms with Crippen LogP contribution in [-0.2, 0) is 4.79 Å². The molecule has 0 saturated carbocycles. The molecule has 0 aliphatic rings. The molecule has 0 aliphatic carbocycles. The molecule has 3 rings (SSSR count). The fraction of sp³-hybridized carbons (Fsp3) is 0. The van der Waals surface area contributed by atoms with E-state index in [0.29, 0.717) is 10.7 Å². The van der Waals surface area contributed by atoms with E-state index in [1.54, 1.807) is 18.2 Å². The molecule has 0 bridgehead atoms. The van der Waals surface area contributed by atoms with Crippen molar-refractivity contribution in [2.24, 2.45) is 0 Å². The number of benzene rings is 2. The Morgan fingerprint density at radius 3 is 2.74 bits per heavy atom. The zero-order valence-electron chi connectivity index (χ0n) is 12.1. The quantitative estimate of drug-likeness (QED) is 0.713. The van der Waals surface area contributed by atoms with Gasteiger partial charge in [0.05, 0.1) is 5.69 Å². The molecular formula is C18H13FN2OS. The molecule has 0 aliphatic heterocycles. The summed E-state index contributed by atoms with van der Waals surface area (Å²) in [6.07, 6.45) is 2.92. The lowest BCUT2D eigenvalue weighted by atomic mass is 10.2. The third-order valence-corrected chi connectivity index (χ3v) is 3.84. The number of nitrogens with zero attached hydrogens (tertiary/aromatic N) is 1. The van der Waals surface area contributed by atoms with E-state index in [-0.39, 0.29) is 11.7 Å². The maximum atomic E-state index is 13.1. The third kappa shape index (κ3) is 4.11. The minimum absolute atomic E-state index is 0.303. The number of hydrogen-bond donors (Lipinski definition) is 1. The van der Waals surface area contributed by atoms with E-state index in [9.17, 15) is 9.18 Å². The van der Waals surface area contributed by atoms with Crippen LogP contribution in [-0.4, -0.2) is 10.9 Å². The van der Waals surface area contributed by atoms with E-state index < -0.39 is 0 Å². The standard InChI is InChI=1S/C18H13FN2OS/c19-15-8-4-5-13(11-15)9-10-17(22)21-18-20-16(12-23-18)14-6-2-1-3-7-14/h1-12H,(H,20,21,22)/b10-9+. The van der Waals surface area contributed by atoms with Gasteiger partial charge >= 0.3 is 0 Å². The Labute approximate surface area is 137 Å². The Hall–Kier alpha value is -2.79. The van der Waals surface area contributed by atoms with Crippen molar-refractivity contribution in [2.75, 3.05) is 5.32 Å². The van der Waals surface area contributed by atoms with E-state index in [2.05, 4.69) is 10.3 Å². The summed E-state index contributed by atoms with van der Waals surface area (Å²) in [6.45, 7) is 0. The molecule has 1 aromatic heterocycles. The fourth-order valence-electron chi connectivity index (χ4n) is 2.00. The van der Waals surface area contributed by atoms with Gasteiger partial charge in [-0.1, -0.05) is 42.5 Å². The number of anilines is 1. The van der Waals surface area contributed by atoms with Crippen molar-refractivity contribution >= 4 is 28.5 Å². The first-order valence-electron chi connectivity index (χ1n) is 6.96. The predicted octanol–water partition coefficient (Wildman–Crippen LogP) is 4.60. The smallest absolute Gasteiger partial charge is 0.250 e. The SMILES string of the molecule is O=C(/C=C/c1cccc(F)c1)Nc1nc(-c2ccccc2)cs1. The van der Waals surface area contributed by atoms with Crippen LogP contribution in [0.3, 0.4) is 0 Å². The van der Waals surface area contributed by atoms with E-state index in [0.717, 1.165) is 11.3 Å². The zero-order valence-corrected chi connectivity index (χ0v) is 12.9. The number of carbonyl (C=O) groups excluding carboxylic acids is 1. The minimum atomic E-state index is -0.333. The zero-order chi connectivity index (χ0) is 16.1. The van der Waals surface area contributed by atoms with Gasteiger partial charge in [-0.15, -0.1) is 11.3 Å². The summed E-state index contributed by atoms with van der Waals surface area (Å²) in [4.78, 5) is 16.3. The topological polar surface area (TPSA) is 42.0 Å². The van der Waals surface area contributed by atoms with Crippen LogP contribution in [0.2, 0.25) is 0 Å². The summed E-state index contributed by atoms with van der Waals surface area (Å²) in [5, 5.41) is 5.12. The molecule has 3 aromatic rings. The largest absolute Gasteiger partial charge is 0.298 e. The molecule has 2 aromatic carbocycles. The molecule has 5 heteroatoms. The second-order valence-electron chi connectivity index (χ2n) is 4.78. The molecular weight excluding hydrogens is 311 g/mol. The number of halogens is 1. The molecule has 0 radical (unpaired) electrons. The molecule has 0 atom stereocenters. The lowest BCUT2D eigenvalue weighted by molar-refractivity contribution is -0.111. The van der Waals surface area contributed by atoms with E-state index >= 15 is 0 Å². The van der Waals surface area contributed by atoms with Crippen LogP contribution in [0.25, 0.3) is 17.3 Å². The van der Waals surface area contributed by atoms with Crippen molar-refractivity contribution in [3.05, 3.63) is 77.4 Å². The molecule has 23 heavy (non-hydrogen) atoms. The monoisotopic (exact) mass is 324 g/mol. The predicted molar refractivity (Wildman–Crippen MR) is 91.6 cm³/mol. The van der Waals surface area contributed by atoms with Crippen molar-refractivity contribution in [3.8, 4) is 11.3 Å². The van der Waals surface area contributed by atoms with Crippen LogP contribution in [0.5, 0.6) is 0 Å². The molecule has 0 unspecified atom stereocenters. The number of aromatic nitrogens is 1. The number of carbonyl (C=O) groups is 1. The van der Waals surface area contributed by atoms with Crippen molar-refractivity contribution in [1.29, 1.82) is 0 Å². The Kier molecular flexibility index (Phi) is 4.59. The fourth-order valence-corrected chi connectivity index (χ4v) is 2.72. The first-order valence-corrected chi connectivity index (χ1v) is 7.84. The van der Waals surface area contributed by atoms with Crippen LogP contribution >= 0.6 is 11.3 Å². The number of thiazole rings is 1. The Bertz CT molecular complexity index is 843. The molecule has 1 amide bonds. The second kappa shape index (κ2) is 6.98. The second-order valence-corrected chi connectivity index (χ2v) is 5.64. The van der Waals surface area contributed by atoms with Crippen LogP contribution in [0.4, 0.5) is 9.52 Å². The lowest BCUT2D eigenvalue weighted by Gasteiger charge is -1.97. The summed E-state index contributed by atoms with van der Waals surface area (Å²) in [5.74, 6) is -0.636. The summed E-state index contributed by atoms with van der Waals surface area (Å²) in [5.41, 5.74) is 2.45. The average Bonchev–Trinajstić information content (AvgIpc) is 3.02. The molecule has 0 fully saturated rings. The summed E-state index contributed by atoms with van der Waals surface area (Å²) < 4.78 is 13.1. The highest BCUT2D eigenvalue weighted by Crippen LogP contribution is 2.24. The van der Waals surface area contributed by atoms with E-state index in [4.69, 9.17) is 0 Å². The maximum Gasteiger partial charge on any atom is 0.250 e.